The average Bonchev–Trinajstić information content (AvgIpc) is 3.37. The van der Waals surface area contributed by atoms with Gasteiger partial charge in [0.05, 0.1) is 15.2 Å². The number of thiazole rings is 1. The van der Waals surface area contributed by atoms with Gasteiger partial charge in [-0.2, -0.15) is 0 Å². The minimum absolute atomic E-state index is 0.125. The van der Waals surface area contributed by atoms with E-state index in [9.17, 15) is 9.18 Å². The van der Waals surface area contributed by atoms with E-state index < -0.39 is 0 Å². The van der Waals surface area contributed by atoms with Gasteiger partial charge in [-0.1, -0.05) is 46.3 Å². The molecule has 1 fully saturated rings. The Hall–Kier alpha value is -2.97. The van der Waals surface area contributed by atoms with Crippen LogP contribution in [0, 0.1) is 12.7 Å². The lowest BCUT2D eigenvalue weighted by molar-refractivity contribution is 0.0745. The van der Waals surface area contributed by atoms with Crippen molar-refractivity contribution in [3.05, 3.63) is 64.6 Å². The number of anilines is 1. The molecule has 4 aromatic rings. The van der Waals surface area contributed by atoms with Crippen molar-refractivity contribution in [2.75, 3.05) is 31.1 Å². The van der Waals surface area contributed by atoms with E-state index in [0.29, 0.717) is 53.8 Å². The number of piperazine rings is 1. The summed E-state index contributed by atoms with van der Waals surface area (Å²) in [5.41, 5.74) is 2.36. The first-order valence-electron chi connectivity index (χ1n) is 9.83. The molecule has 1 aliphatic heterocycles. The average molecular weight is 457 g/mol. The second-order valence-corrected chi connectivity index (χ2v) is 8.75. The summed E-state index contributed by atoms with van der Waals surface area (Å²) in [6, 6.07) is 11.9. The molecular weight excluding hydrogens is 439 g/mol. The lowest BCUT2D eigenvalue weighted by Gasteiger charge is -2.34. The van der Waals surface area contributed by atoms with Gasteiger partial charge >= 0.3 is 0 Å². The minimum Gasteiger partial charge on any atom is -0.360 e. The van der Waals surface area contributed by atoms with Gasteiger partial charge in [0.25, 0.3) is 5.91 Å². The zero-order chi connectivity index (χ0) is 21.5. The summed E-state index contributed by atoms with van der Waals surface area (Å²) in [6.45, 7) is 4.09. The van der Waals surface area contributed by atoms with Crippen LogP contribution in [-0.4, -0.2) is 47.1 Å². The highest BCUT2D eigenvalue weighted by molar-refractivity contribution is 7.22. The topological polar surface area (TPSA) is 62.5 Å². The molecule has 6 nitrogen and oxygen atoms in total. The fourth-order valence-corrected chi connectivity index (χ4v) is 5.01. The van der Waals surface area contributed by atoms with E-state index in [2.05, 4.69) is 15.0 Å². The van der Waals surface area contributed by atoms with E-state index in [4.69, 9.17) is 16.1 Å². The Kier molecular flexibility index (Phi) is 5.11. The number of carbonyl (C=O) groups is 1. The maximum Gasteiger partial charge on any atom is 0.259 e. The van der Waals surface area contributed by atoms with Crippen molar-refractivity contribution >= 4 is 44.2 Å². The van der Waals surface area contributed by atoms with Gasteiger partial charge in [-0.15, -0.1) is 0 Å². The number of rotatable bonds is 3. The zero-order valence-corrected chi connectivity index (χ0v) is 18.2. The van der Waals surface area contributed by atoms with Gasteiger partial charge in [0, 0.05) is 31.7 Å². The third-order valence-electron chi connectivity index (χ3n) is 5.38. The third kappa shape index (κ3) is 3.66. The molecule has 0 atom stereocenters. The van der Waals surface area contributed by atoms with Crippen molar-refractivity contribution in [2.45, 2.75) is 6.92 Å². The lowest BCUT2D eigenvalue weighted by Crippen LogP contribution is -2.49. The third-order valence-corrected chi connectivity index (χ3v) is 6.79. The molecule has 0 aliphatic carbocycles. The molecule has 2 aromatic heterocycles. The fraction of sp³-hybridized carbons (Fsp3) is 0.227. The number of halogens is 2. The van der Waals surface area contributed by atoms with Crippen molar-refractivity contribution in [2.24, 2.45) is 0 Å². The van der Waals surface area contributed by atoms with Gasteiger partial charge in [0.1, 0.15) is 22.8 Å². The molecule has 9 heteroatoms. The van der Waals surface area contributed by atoms with E-state index in [1.165, 1.54) is 23.5 Å². The Bertz CT molecular complexity index is 1280. The molecule has 1 aliphatic rings. The molecule has 31 heavy (non-hydrogen) atoms. The maximum atomic E-state index is 13.5. The highest BCUT2D eigenvalue weighted by Gasteiger charge is 2.30. The summed E-state index contributed by atoms with van der Waals surface area (Å²) >= 11 is 7.78. The highest BCUT2D eigenvalue weighted by Crippen LogP contribution is 2.33. The van der Waals surface area contributed by atoms with Crippen molar-refractivity contribution in [3.63, 3.8) is 0 Å². The molecule has 0 bridgehead atoms. The van der Waals surface area contributed by atoms with Gasteiger partial charge in [-0.3, -0.25) is 4.79 Å². The lowest BCUT2D eigenvalue weighted by atomic mass is 10.0. The summed E-state index contributed by atoms with van der Waals surface area (Å²) in [5.74, 6) is 0.0757. The number of aromatic nitrogens is 2. The summed E-state index contributed by atoms with van der Waals surface area (Å²) in [5, 5.41) is 5.45. The molecule has 0 radical (unpaired) electrons. The van der Waals surface area contributed by atoms with Crippen LogP contribution in [0.2, 0.25) is 5.02 Å². The molecule has 0 saturated carbocycles. The zero-order valence-electron chi connectivity index (χ0n) is 16.6. The second-order valence-electron chi connectivity index (χ2n) is 7.33. The first kappa shape index (κ1) is 20.0. The summed E-state index contributed by atoms with van der Waals surface area (Å²) < 4.78 is 19.6. The van der Waals surface area contributed by atoms with Crippen LogP contribution in [-0.2, 0) is 0 Å². The predicted molar refractivity (Wildman–Crippen MR) is 119 cm³/mol. The molecule has 3 heterocycles. The normalized spacial score (nSPS) is 14.4. The SMILES string of the molecule is Cc1onc(-c2ccccc2Cl)c1C(=O)N1CCN(c2nc3ccc(F)cc3s2)CC1. The number of fused-ring (bicyclic) bond motifs is 1. The molecule has 0 spiro atoms. The van der Waals surface area contributed by atoms with Crippen LogP contribution in [0.5, 0.6) is 0 Å². The minimum atomic E-state index is -0.267. The molecule has 158 valence electrons. The number of amides is 1. The molecule has 5 rings (SSSR count). The van der Waals surface area contributed by atoms with Crippen LogP contribution in [0.1, 0.15) is 16.1 Å². The van der Waals surface area contributed by atoms with Crippen molar-refractivity contribution < 1.29 is 13.7 Å². The number of benzene rings is 2. The standard InChI is InChI=1S/C22H18ClFN4O2S/c1-13-19(20(26-30-13)15-4-2-3-5-16(15)23)21(29)27-8-10-28(11-9-27)22-25-17-7-6-14(24)12-18(17)31-22/h2-7,12H,8-11H2,1H3. The Morgan fingerprint density at radius 3 is 2.71 bits per heavy atom. The Morgan fingerprint density at radius 1 is 1.16 bits per heavy atom. The van der Waals surface area contributed by atoms with Gasteiger partial charge in [-0.05, 0) is 31.2 Å². The molecular formula is C22H18ClFN4O2S. The number of aryl methyl sites for hydroxylation is 1. The van der Waals surface area contributed by atoms with Gasteiger partial charge in [0.2, 0.25) is 0 Å². The second kappa shape index (κ2) is 7.94. The molecule has 1 saturated heterocycles. The van der Waals surface area contributed by atoms with E-state index in [0.717, 1.165) is 15.3 Å². The van der Waals surface area contributed by atoms with Gasteiger partial charge in [0.15, 0.2) is 5.13 Å². The van der Waals surface area contributed by atoms with Crippen LogP contribution in [0.25, 0.3) is 21.5 Å². The first-order valence-corrected chi connectivity index (χ1v) is 11.0. The Balaban J connectivity index is 1.35. The monoisotopic (exact) mass is 456 g/mol. The molecule has 1 amide bonds. The van der Waals surface area contributed by atoms with Crippen LogP contribution >= 0.6 is 22.9 Å². The molecule has 2 aromatic carbocycles. The van der Waals surface area contributed by atoms with E-state index in [1.54, 1.807) is 24.0 Å². The Labute approximate surface area is 186 Å². The van der Waals surface area contributed by atoms with Crippen molar-refractivity contribution in [3.8, 4) is 11.3 Å². The van der Waals surface area contributed by atoms with Crippen molar-refractivity contribution in [1.29, 1.82) is 0 Å². The summed E-state index contributed by atoms with van der Waals surface area (Å²) in [6.07, 6.45) is 0. The number of hydrogen-bond donors (Lipinski definition) is 0. The quantitative estimate of drug-likeness (QED) is 0.433. The van der Waals surface area contributed by atoms with E-state index in [-0.39, 0.29) is 11.7 Å². The van der Waals surface area contributed by atoms with E-state index in [1.807, 2.05) is 18.2 Å². The highest BCUT2D eigenvalue weighted by atomic mass is 35.5. The number of nitrogens with zero attached hydrogens (tertiary/aromatic N) is 4. The van der Waals surface area contributed by atoms with Crippen molar-refractivity contribution in [1.82, 2.24) is 15.0 Å². The molecule has 0 N–H and O–H groups in total. The van der Waals surface area contributed by atoms with Gasteiger partial charge < -0.3 is 14.3 Å². The number of hydrogen-bond acceptors (Lipinski definition) is 6. The Morgan fingerprint density at radius 2 is 1.94 bits per heavy atom. The predicted octanol–water partition coefficient (Wildman–Crippen LogP) is 5.01. The van der Waals surface area contributed by atoms with E-state index >= 15 is 0 Å². The number of carbonyl (C=O) groups excluding carboxylic acids is 1. The van der Waals surface area contributed by atoms with Crippen LogP contribution in [0.4, 0.5) is 9.52 Å². The van der Waals surface area contributed by atoms with Crippen LogP contribution in [0.3, 0.4) is 0 Å². The van der Waals surface area contributed by atoms with Crippen LogP contribution in [0.15, 0.2) is 47.0 Å². The smallest absolute Gasteiger partial charge is 0.259 e. The molecule has 0 unspecified atom stereocenters. The largest absolute Gasteiger partial charge is 0.360 e. The fourth-order valence-electron chi connectivity index (χ4n) is 3.74. The van der Waals surface area contributed by atoms with Crippen LogP contribution < -0.4 is 4.90 Å². The first-order chi connectivity index (χ1) is 15.0. The maximum absolute atomic E-state index is 13.5. The summed E-state index contributed by atoms with van der Waals surface area (Å²) in [7, 11) is 0. The van der Waals surface area contributed by atoms with Gasteiger partial charge in [-0.25, -0.2) is 9.37 Å². The summed E-state index contributed by atoms with van der Waals surface area (Å²) in [4.78, 5) is 21.8.